The maximum Gasteiger partial charge on any atom is 0.228 e. The van der Waals surface area contributed by atoms with Crippen molar-refractivity contribution in [3.63, 3.8) is 0 Å². The topological polar surface area (TPSA) is 62.8 Å². The van der Waals surface area contributed by atoms with Crippen molar-refractivity contribution >= 4 is 23.4 Å². The smallest absolute Gasteiger partial charge is 0.228 e. The molecule has 0 saturated heterocycles. The first-order chi connectivity index (χ1) is 7.61. The largest absolute Gasteiger partial charge is 0.350 e. The van der Waals surface area contributed by atoms with Gasteiger partial charge in [-0.3, -0.25) is 9.59 Å². The molecule has 0 bridgehead atoms. The molecule has 2 heterocycles. The Morgan fingerprint density at radius 2 is 2.19 bits per heavy atom. The van der Waals surface area contributed by atoms with Crippen molar-refractivity contribution in [1.29, 1.82) is 0 Å². The molecule has 2 aromatic rings. The number of rotatable bonds is 3. The molecule has 0 aliphatic heterocycles. The Kier molecular flexibility index (Phi) is 2.70. The molecule has 0 atom stereocenters. The second-order valence-electron chi connectivity index (χ2n) is 3.41. The third kappa shape index (κ3) is 1.81. The molecule has 5 heteroatoms. The molecular weight excluding hydrogens is 224 g/mol. The zero-order valence-electron chi connectivity index (χ0n) is 8.90. The van der Waals surface area contributed by atoms with Crippen LogP contribution in [0, 0.1) is 13.8 Å². The summed E-state index contributed by atoms with van der Waals surface area (Å²) in [5.74, 6) is -0.171. The highest BCUT2D eigenvalue weighted by atomic mass is 32.1. The SMILES string of the molecule is Cc1nc(C(=O)c2ccc(C=O)[nH]2)c(C)s1. The van der Waals surface area contributed by atoms with Gasteiger partial charge in [-0.25, -0.2) is 4.98 Å². The lowest BCUT2D eigenvalue weighted by atomic mass is 10.2. The first-order valence-electron chi connectivity index (χ1n) is 4.74. The Labute approximate surface area is 96.3 Å². The zero-order valence-corrected chi connectivity index (χ0v) is 9.72. The van der Waals surface area contributed by atoms with Crippen molar-refractivity contribution < 1.29 is 9.59 Å². The highest BCUT2D eigenvalue weighted by Crippen LogP contribution is 2.19. The van der Waals surface area contributed by atoms with Gasteiger partial charge in [-0.05, 0) is 26.0 Å². The minimum Gasteiger partial charge on any atom is -0.350 e. The van der Waals surface area contributed by atoms with Gasteiger partial charge >= 0.3 is 0 Å². The van der Waals surface area contributed by atoms with E-state index in [9.17, 15) is 9.59 Å². The number of thiazole rings is 1. The summed E-state index contributed by atoms with van der Waals surface area (Å²) in [5.41, 5.74) is 1.25. The van der Waals surface area contributed by atoms with Gasteiger partial charge in [-0.1, -0.05) is 0 Å². The van der Waals surface area contributed by atoms with Gasteiger partial charge < -0.3 is 4.98 Å². The summed E-state index contributed by atoms with van der Waals surface area (Å²) in [5, 5.41) is 0.864. The highest BCUT2D eigenvalue weighted by molar-refractivity contribution is 7.11. The lowest BCUT2D eigenvalue weighted by Gasteiger charge is -1.94. The van der Waals surface area contributed by atoms with Gasteiger partial charge in [0.1, 0.15) is 5.69 Å². The second kappa shape index (κ2) is 4.02. The summed E-state index contributed by atoms with van der Waals surface area (Å²) >= 11 is 1.49. The number of hydrogen-bond donors (Lipinski definition) is 1. The van der Waals surface area contributed by atoms with Gasteiger partial charge in [0.15, 0.2) is 6.29 Å². The van der Waals surface area contributed by atoms with E-state index in [0.717, 1.165) is 9.88 Å². The van der Waals surface area contributed by atoms with Crippen LogP contribution in [0.25, 0.3) is 0 Å². The molecule has 0 saturated carbocycles. The average Bonchev–Trinajstić information content (AvgIpc) is 2.84. The van der Waals surface area contributed by atoms with Crippen LogP contribution in [0.5, 0.6) is 0 Å². The first kappa shape index (κ1) is 10.8. The van der Waals surface area contributed by atoms with E-state index in [0.29, 0.717) is 23.4 Å². The van der Waals surface area contributed by atoms with Crippen molar-refractivity contribution in [3.8, 4) is 0 Å². The van der Waals surface area contributed by atoms with E-state index in [1.807, 2.05) is 13.8 Å². The molecule has 16 heavy (non-hydrogen) atoms. The number of H-pyrrole nitrogens is 1. The molecule has 0 fully saturated rings. The fourth-order valence-electron chi connectivity index (χ4n) is 1.48. The molecule has 82 valence electrons. The third-order valence-electron chi connectivity index (χ3n) is 2.20. The monoisotopic (exact) mass is 234 g/mol. The van der Waals surface area contributed by atoms with Crippen LogP contribution in [0.3, 0.4) is 0 Å². The van der Waals surface area contributed by atoms with Crippen LogP contribution in [0.2, 0.25) is 0 Å². The van der Waals surface area contributed by atoms with E-state index in [1.165, 1.54) is 11.3 Å². The number of aldehydes is 1. The zero-order chi connectivity index (χ0) is 11.7. The van der Waals surface area contributed by atoms with Crippen LogP contribution < -0.4 is 0 Å². The molecule has 0 radical (unpaired) electrons. The average molecular weight is 234 g/mol. The van der Waals surface area contributed by atoms with Crippen LogP contribution in [-0.4, -0.2) is 22.0 Å². The maximum absolute atomic E-state index is 12.0. The Bertz CT molecular complexity index is 554. The number of carbonyl (C=O) groups excluding carboxylic acids is 2. The van der Waals surface area contributed by atoms with Crippen LogP contribution in [-0.2, 0) is 0 Å². The Balaban J connectivity index is 2.38. The molecule has 0 unspecified atom stereocenters. The maximum atomic E-state index is 12.0. The van der Waals surface area contributed by atoms with Crippen LogP contribution in [0.15, 0.2) is 12.1 Å². The van der Waals surface area contributed by atoms with Crippen molar-refractivity contribution in [1.82, 2.24) is 9.97 Å². The second-order valence-corrected chi connectivity index (χ2v) is 4.82. The van der Waals surface area contributed by atoms with Crippen molar-refractivity contribution in [2.45, 2.75) is 13.8 Å². The van der Waals surface area contributed by atoms with Gasteiger partial charge in [0.25, 0.3) is 0 Å². The minimum absolute atomic E-state index is 0.171. The molecule has 2 rings (SSSR count). The number of aryl methyl sites for hydroxylation is 2. The van der Waals surface area contributed by atoms with Crippen molar-refractivity contribution in [3.05, 3.63) is 39.1 Å². The van der Waals surface area contributed by atoms with Crippen LogP contribution in [0.4, 0.5) is 0 Å². The van der Waals surface area contributed by atoms with Crippen LogP contribution >= 0.6 is 11.3 Å². The molecule has 0 amide bonds. The number of carbonyl (C=O) groups is 2. The summed E-state index contributed by atoms with van der Waals surface area (Å²) in [4.78, 5) is 30.3. The molecule has 0 aliphatic rings. The van der Waals surface area contributed by atoms with Gasteiger partial charge in [0.05, 0.1) is 16.4 Å². The number of ketones is 1. The summed E-state index contributed by atoms with van der Waals surface area (Å²) in [6.45, 7) is 3.72. The van der Waals surface area contributed by atoms with Gasteiger partial charge in [0, 0.05) is 4.88 Å². The van der Waals surface area contributed by atoms with E-state index in [-0.39, 0.29) is 5.78 Å². The molecule has 0 aliphatic carbocycles. The standard InChI is InChI=1S/C11H10N2O2S/c1-6-10(12-7(2)16-6)11(15)9-4-3-8(5-14)13-9/h3-5,13H,1-2H3. The number of nitrogens with one attached hydrogen (secondary N) is 1. The molecule has 1 N–H and O–H groups in total. The van der Waals surface area contributed by atoms with Crippen molar-refractivity contribution in [2.24, 2.45) is 0 Å². The highest BCUT2D eigenvalue weighted by Gasteiger charge is 2.17. The number of nitrogens with zero attached hydrogens (tertiary/aromatic N) is 1. The Hall–Kier alpha value is -1.75. The lowest BCUT2D eigenvalue weighted by molar-refractivity contribution is 0.103. The van der Waals surface area contributed by atoms with Crippen LogP contribution in [0.1, 0.15) is 36.6 Å². The number of aromatic nitrogens is 2. The van der Waals surface area contributed by atoms with Gasteiger partial charge in [0.2, 0.25) is 5.78 Å². The summed E-state index contributed by atoms with van der Waals surface area (Å²) in [6, 6.07) is 3.18. The lowest BCUT2D eigenvalue weighted by Crippen LogP contribution is -2.04. The molecule has 0 spiro atoms. The predicted octanol–water partition coefficient (Wildman–Crippen LogP) is 2.13. The summed E-state index contributed by atoms with van der Waals surface area (Å²) < 4.78 is 0. The summed E-state index contributed by atoms with van der Waals surface area (Å²) in [7, 11) is 0. The van der Waals surface area contributed by atoms with E-state index < -0.39 is 0 Å². The van der Waals surface area contributed by atoms with Gasteiger partial charge in [-0.15, -0.1) is 11.3 Å². The normalized spacial score (nSPS) is 10.4. The number of hydrogen-bond acceptors (Lipinski definition) is 4. The molecular formula is C11H10N2O2S. The van der Waals surface area contributed by atoms with Gasteiger partial charge in [-0.2, -0.15) is 0 Å². The fraction of sp³-hybridized carbons (Fsp3) is 0.182. The molecule has 4 nitrogen and oxygen atoms in total. The number of aromatic amines is 1. The quantitative estimate of drug-likeness (QED) is 0.653. The fourth-order valence-corrected chi connectivity index (χ4v) is 2.30. The predicted molar refractivity (Wildman–Crippen MR) is 61.2 cm³/mol. The molecule has 2 aromatic heterocycles. The van der Waals surface area contributed by atoms with E-state index >= 15 is 0 Å². The van der Waals surface area contributed by atoms with E-state index in [2.05, 4.69) is 9.97 Å². The van der Waals surface area contributed by atoms with E-state index in [1.54, 1.807) is 12.1 Å². The molecule has 0 aromatic carbocycles. The first-order valence-corrected chi connectivity index (χ1v) is 5.56. The minimum atomic E-state index is -0.171. The van der Waals surface area contributed by atoms with E-state index in [4.69, 9.17) is 0 Å². The summed E-state index contributed by atoms with van der Waals surface area (Å²) in [6.07, 6.45) is 0.677. The van der Waals surface area contributed by atoms with Crippen molar-refractivity contribution in [2.75, 3.05) is 0 Å². The Morgan fingerprint density at radius 3 is 2.69 bits per heavy atom. The third-order valence-corrected chi connectivity index (χ3v) is 3.08. The Morgan fingerprint density at radius 1 is 1.44 bits per heavy atom.